The number of phenols is 1. The van der Waals surface area contributed by atoms with Crippen molar-refractivity contribution in [2.24, 2.45) is 0 Å². The Labute approximate surface area is 185 Å². The van der Waals surface area contributed by atoms with Gasteiger partial charge in [-0.05, 0) is 74.1 Å². The first-order valence-corrected chi connectivity index (χ1v) is 10.7. The Morgan fingerprint density at radius 3 is 2.47 bits per heavy atom. The number of amides is 1. The van der Waals surface area contributed by atoms with E-state index in [1.807, 2.05) is 12.1 Å². The Bertz CT molecular complexity index is 1270. The molecular formula is C26H23NO5. The first-order chi connectivity index (χ1) is 15.5. The highest BCUT2D eigenvalue weighted by molar-refractivity contribution is 6.51. The van der Waals surface area contributed by atoms with Gasteiger partial charge >= 0.3 is 0 Å². The van der Waals surface area contributed by atoms with E-state index in [1.165, 1.54) is 16.5 Å². The van der Waals surface area contributed by atoms with Gasteiger partial charge in [-0.15, -0.1) is 0 Å². The minimum absolute atomic E-state index is 0.0524. The Balaban J connectivity index is 1.70. The molecule has 1 aliphatic heterocycles. The van der Waals surface area contributed by atoms with Crippen LogP contribution in [0.4, 0.5) is 5.69 Å². The molecule has 1 aliphatic carbocycles. The lowest BCUT2D eigenvalue weighted by atomic mass is 9.89. The van der Waals surface area contributed by atoms with Gasteiger partial charge in [-0.3, -0.25) is 14.5 Å². The predicted octanol–water partition coefficient (Wildman–Crippen LogP) is 4.80. The van der Waals surface area contributed by atoms with E-state index in [2.05, 4.69) is 0 Å². The molecule has 0 bridgehead atoms. The van der Waals surface area contributed by atoms with Crippen molar-refractivity contribution < 1.29 is 24.2 Å². The van der Waals surface area contributed by atoms with Crippen LogP contribution < -0.4 is 4.90 Å². The molecular weight excluding hydrogens is 406 g/mol. The zero-order chi connectivity index (χ0) is 22.4. The fourth-order valence-corrected chi connectivity index (χ4v) is 4.65. The lowest BCUT2D eigenvalue weighted by Crippen LogP contribution is -2.29. The number of benzene rings is 2. The number of hydrogen-bond acceptors (Lipinski definition) is 5. The fourth-order valence-electron chi connectivity index (χ4n) is 4.65. The lowest BCUT2D eigenvalue weighted by molar-refractivity contribution is -0.132. The van der Waals surface area contributed by atoms with Gasteiger partial charge in [0, 0.05) is 5.56 Å². The monoisotopic (exact) mass is 429 g/mol. The number of aliphatic hydroxyl groups excluding tert-OH is 1. The molecule has 162 valence electrons. The van der Waals surface area contributed by atoms with Crippen molar-refractivity contribution in [1.29, 1.82) is 0 Å². The van der Waals surface area contributed by atoms with Crippen molar-refractivity contribution >= 4 is 23.1 Å². The number of hydrogen-bond donors (Lipinski definition) is 2. The number of phenolic OH excluding ortho intramolecular Hbond substituents is 1. The summed E-state index contributed by atoms with van der Waals surface area (Å²) in [6.07, 6.45) is 4.14. The molecule has 0 spiro atoms. The number of carbonyl (C=O) groups excluding carboxylic acids is 2. The first kappa shape index (κ1) is 20.1. The van der Waals surface area contributed by atoms with Crippen LogP contribution in [0.5, 0.6) is 5.75 Å². The minimum atomic E-state index is -0.993. The number of para-hydroxylation sites is 2. The van der Waals surface area contributed by atoms with Gasteiger partial charge in [-0.25, -0.2) is 0 Å². The quantitative estimate of drug-likeness (QED) is 0.355. The summed E-state index contributed by atoms with van der Waals surface area (Å²) < 4.78 is 5.79. The third kappa shape index (κ3) is 3.19. The highest BCUT2D eigenvalue weighted by atomic mass is 16.3. The number of nitrogens with zero attached hydrogens (tertiary/aromatic N) is 1. The molecule has 1 fully saturated rings. The number of ketones is 1. The van der Waals surface area contributed by atoms with E-state index in [9.17, 15) is 19.8 Å². The molecule has 0 radical (unpaired) electrons. The topological polar surface area (TPSA) is 91.0 Å². The van der Waals surface area contributed by atoms with Crippen LogP contribution in [0, 0.1) is 6.92 Å². The normalized spacial score (nSPS) is 19.9. The van der Waals surface area contributed by atoms with E-state index in [-0.39, 0.29) is 22.8 Å². The third-order valence-corrected chi connectivity index (χ3v) is 6.24. The van der Waals surface area contributed by atoms with E-state index in [0.29, 0.717) is 17.1 Å². The van der Waals surface area contributed by atoms with E-state index in [1.54, 1.807) is 43.3 Å². The number of fused-ring (bicyclic) bond motifs is 1. The highest BCUT2D eigenvalue weighted by Crippen LogP contribution is 2.45. The molecule has 5 rings (SSSR count). The Kier molecular flexibility index (Phi) is 4.85. The molecule has 6 nitrogen and oxygen atoms in total. The van der Waals surface area contributed by atoms with Crippen LogP contribution in [-0.4, -0.2) is 21.9 Å². The zero-order valence-electron chi connectivity index (χ0n) is 17.7. The molecule has 2 N–H and O–H groups in total. The van der Waals surface area contributed by atoms with Crippen molar-refractivity contribution in [2.75, 3.05) is 4.90 Å². The third-order valence-electron chi connectivity index (χ3n) is 6.24. The van der Waals surface area contributed by atoms with Crippen LogP contribution in [0.2, 0.25) is 0 Å². The van der Waals surface area contributed by atoms with Crippen LogP contribution >= 0.6 is 0 Å². The maximum absolute atomic E-state index is 13.2. The fraction of sp³-hybridized carbons (Fsp3) is 0.231. The smallest absolute Gasteiger partial charge is 0.300 e. The van der Waals surface area contributed by atoms with Crippen LogP contribution in [0.3, 0.4) is 0 Å². The van der Waals surface area contributed by atoms with Crippen molar-refractivity contribution in [3.05, 3.63) is 88.4 Å². The summed E-state index contributed by atoms with van der Waals surface area (Å²) in [7, 11) is 0. The average molecular weight is 429 g/mol. The second-order valence-corrected chi connectivity index (χ2v) is 8.30. The maximum Gasteiger partial charge on any atom is 0.300 e. The number of aromatic hydroxyl groups is 1. The summed E-state index contributed by atoms with van der Waals surface area (Å²) in [6.45, 7) is 1.76. The number of anilines is 1. The van der Waals surface area contributed by atoms with Gasteiger partial charge in [-0.2, -0.15) is 0 Å². The molecule has 6 heteroatoms. The maximum atomic E-state index is 13.2. The second-order valence-electron chi connectivity index (χ2n) is 8.30. The van der Waals surface area contributed by atoms with Crippen LogP contribution in [0.25, 0.3) is 5.76 Å². The molecule has 0 saturated carbocycles. The highest BCUT2D eigenvalue weighted by Gasteiger charge is 2.49. The number of aliphatic hydroxyl groups is 1. The molecule has 1 atom stereocenters. The zero-order valence-corrected chi connectivity index (χ0v) is 17.7. The molecule has 1 unspecified atom stereocenters. The Morgan fingerprint density at radius 2 is 1.75 bits per heavy atom. The Morgan fingerprint density at radius 1 is 1.00 bits per heavy atom. The van der Waals surface area contributed by atoms with Gasteiger partial charge in [0.1, 0.15) is 29.1 Å². The van der Waals surface area contributed by atoms with Crippen molar-refractivity contribution in [1.82, 2.24) is 0 Å². The van der Waals surface area contributed by atoms with E-state index in [0.717, 1.165) is 31.2 Å². The molecule has 1 saturated heterocycles. The summed E-state index contributed by atoms with van der Waals surface area (Å²) in [5.74, 6) is -1.08. The number of furan rings is 1. The van der Waals surface area contributed by atoms with Crippen molar-refractivity contribution in [3.8, 4) is 5.75 Å². The predicted molar refractivity (Wildman–Crippen MR) is 119 cm³/mol. The van der Waals surface area contributed by atoms with E-state index in [4.69, 9.17) is 4.42 Å². The molecule has 1 amide bonds. The Hall–Kier alpha value is -3.80. The van der Waals surface area contributed by atoms with Gasteiger partial charge in [-0.1, -0.05) is 24.3 Å². The molecule has 1 aromatic heterocycles. The van der Waals surface area contributed by atoms with Crippen molar-refractivity contribution in [3.63, 3.8) is 0 Å². The minimum Gasteiger partial charge on any atom is -0.507 e. The summed E-state index contributed by atoms with van der Waals surface area (Å²) >= 11 is 0. The SMILES string of the molecule is Cc1ccc(C2/C(=C(/O)c3ccc4c(c3)CCCC4)C(=O)C(=O)N2c2ccccc2O)o1. The molecule has 3 aromatic rings. The standard InChI is InChI=1S/C26H23NO5/c1-15-10-13-21(32-15)23-22(24(29)18-12-11-16-6-2-3-7-17(16)14-18)25(30)26(31)27(23)19-8-4-5-9-20(19)28/h4-5,8-14,23,28-29H,2-3,6-7H2,1H3/b24-22-. The van der Waals surface area contributed by atoms with Crippen LogP contribution in [0.15, 0.2) is 64.6 Å². The van der Waals surface area contributed by atoms with Gasteiger partial charge in [0.2, 0.25) is 0 Å². The van der Waals surface area contributed by atoms with Gasteiger partial charge < -0.3 is 14.6 Å². The van der Waals surface area contributed by atoms with Crippen molar-refractivity contribution in [2.45, 2.75) is 38.6 Å². The summed E-state index contributed by atoms with van der Waals surface area (Å²) in [6, 6.07) is 14.4. The van der Waals surface area contributed by atoms with Crippen LogP contribution in [-0.2, 0) is 22.4 Å². The largest absolute Gasteiger partial charge is 0.507 e. The first-order valence-electron chi connectivity index (χ1n) is 10.7. The number of Topliss-reactive ketones (excluding diaryl/α,β-unsaturated/α-hetero) is 1. The number of aryl methyl sites for hydroxylation is 3. The summed E-state index contributed by atoms with van der Waals surface area (Å²) in [4.78, 5) is 27.5. The number of carbonyl (C=O) groups is 2. The van der Waals surface area contributed by atoms with Gasteiger partial charge in [0.15, 0.2) is 0 Å². The summed E-state index contributed by atoms with van der Waals surface area (Å²) in [5, 5.41) is 21.7. The number of rotatable bonds is 3. The van der Waals surface area contributed by atoms with Gasteiger partial charge in [0.05, 0.1) is 11.3 Å². The summed E-state index contributed by atoms with van der Waals surface area (Å²) in [5.41, 5.74) is 3.03. The average Bonchev–Trinajstić information content (AvgIpc) is 3.34. The lowest BCUT2D eigenvalue weighted by Gasteiger charge is -2.24. The van der Waals surface area contributed by atoms with Crippen LogP contribution in [0.1, 0.15) is 47.1 Å². The molecule has 2 heterocycles. The molecule has 2 aliphatic rings. The van der Waals surface area contributed by atoms with E-state index < -0.39 is 17.7 Å². The molecule has 2 aromatic carbocycles. The van der Waals surface area contributed by atoms with E-state index >= 15 is 0 Å². The second kappa shape index (κ2) is 7.71. The molecule has 32 heavy (non-hydrogen) atoms. The van der Waals surface area contributed by atoms with Gasteiger partial charge in [0.25, 0.3) is 11.7 Å².